The first-order chi connectivity index (χ1) is 13.7. The van der Waals surface area contributed by atoms with Crippen LogP contribution < -0.4 is 5.32 Å². The van der Waals surface area contributed by atoms with E-state index in [0.717, 1.165) is 11.4 Å². The summed E-state index contributed by atoms with van der Waals surface area (Å²) in [6.45, 7) is 4.45. The van der Waals surface area contributed by atoms with Crippen molar-refractivity contribution in [3.8, 4) is 11.1 Å². The summed E-state index contributed by atoms with van der Waals surface area (Å²) in [4.78, 5) is 0. The van der Waals surface area contributed by atoms with Crippen LogP contribution in [0, 0.1) is 6.92 Å². The highest BCUT2D eigenvalue weighted by Gasteiger charge is 2.40. The molecular formula is C27H23N. The van der Waals surface area contributed by atoms with Gasteiger partial charge in [-0.3, -0.25) is 0 Å². The lowest BCUT2D eigenvalue weighted by Gasteiger charge is -2.28. The van der Waals surface area contributed by atoms with Crippen LogP contribution >= 0.6 is 0 Å². The molecule has 4 aromatic carbocycles. The molecule has 4 aromatic rings. The van der Waals surface area contributed by atoms with Crippen molar-refractivity contribution in [2.24, 2.45) is 0 Å². The van der Waals surface area contributed by atoms with Crippen molar-refractivity contribution in [3.63, 3.8) is 0 Å². The van der Waals surface area contributed by atoms with Gasteiger partial charge in [0.15, 0.2) is 0 Å². The second kappa shape index (κ2) is 6.38. The molecule has 0 spiro atoms. The molecule has 0 bridgehead atoms. The summed E-state index contributed by atoms with van der Waals surface area (Å²) < 4.78 is 0. The molecule has 0 amide bonds. The van der Waals surface area contributed by atoms with Crippen LogP contribution in [0.2, 0.25) is 0 Å². The second-order valence-corrected chi connectivity index (χ2v) is 7.78. The molecule has 28 heavy (non-hydrogen) atoms. The summed E-state index contributed by atoms with van der Waals surface area (Å²) in [5, 5.41) is 3.50. The van der Waals surface area contributed by atoms with E-state index in [2.05, 4.69) is 116 Å². The van der Waals surface area contributed by atoms with Crippen LogP contribution in [0.4, 0.5) is 11.4 Å². The van der Waals surface area contributed by atoms with E-state index in [1.807, 2.05) is 0 Å². The average Bonchev–Trinajstić information content (AvgIpc) is 3.01. The molecule has 1 N–H and O–H groups in total. The summed E-state index contributed by atoms with van der Waals surface area (Å²) in [7, 11) is 0. The summed E-state index contributed by atoms with van der Waals surface area (Å²) in [6.07, 6.45) is 0. The molecule has 0 saturated heterocycles. The van der Waals surface area contributed by atoms with Gasteiger partial charge in [-0.2, -0.15) is 0 Å². The third-order valence-electron chi connectivity index (χ3n) is 6.02. The zero-order chi connectivity index (χ0) is 19.1. The van der Waals surface area contributed by atoms with E-state index in [1.54, 1.807) is 0 Å². The zero-order valence-electron chi connectivity index (χ0n) is 16.2. The minimum Gasteiger partial charge on any atom is -0.356 e. The number of aryl methyl sites for hydroxylation is 1. The Labute approximate surface area is 166 Å². The number of rotatable bonds is 3. The zero-order valence-corrected chi connectivity index (χ0v) is 16.2. The molecule has 0 aliphatic heterocycles. The van der Waals surface area contributed by atoms with Crippen molar-refractivity contribution in [2.45, 2.75) is 19.3 Å². The molecule has 0 atom stereocenters. The molecule has 0 heterocycles. The number of hydrogen-bond donors (Lipinski definition) is 1. The van der Waals surface area contributed by atoms with E-state index in [0.29, 0.717) is 0 Å². The fraction of sp³-hybridized carbons (Fsp3) is 0.111. The first-order valence-corrected chi connectivity index (χ1v) is 9.80. The maximum absolute atomic E-state index is 3.50. The van der Waals surface area contributed by atoms with E-state index in [9.17, 15) is 0 Å². The van der Waals surface area contributed by atoms with Crippen molar-refractivity contribution < 1.29 is 0 Å². The van der Waals surface area contributed by atoms with Gasteiger partial charge in [0.05, 0.1) is 0 Å². The molecular weight excluding hydrogens is 338 g/mol. The number of benzene rings is 4. The molecule has 1 aliphatic carbocycles. The third kappa shape index (κ3) is 2.55. The normalized spacial score (nSPS) is 13.6. The van der Waals surface area contributed by atoms with E-state index < -0.39 is 0 Å². The van der Waals surface area contributed by atoms with Crippen LogP contribution in [0.25, 0.3) is 11.1 Å². The van der Waals surface area contributed by atoms with E-state index in [-0.39, 0.29) is 5.41 Å². The highest BCUT2D eigenvalue weighted by atomic mass is 14.9. The maximum Gasteiger partial charge on any atom is 0.0435 e. The molecule has 1 heteroatoms. The van der Waals surface area contributed by atoms with Gasteiger partial charge in [0.25, 0.3) is 0 Å². The van der Waals surface area contributed by atoms with Crippen molar-refractivity contribution in [1.29, 1.82) is 0 Å². The van der Waals surface area contributed by atoms with Crippen molar-refractivity contribution in [1.82, 2.24) is 0 Å². The van der Waals surface area contributed by atoms with Gasteiger partial charge in [-0.25, -0.2) is 0 Å². The average molecular weight is 361 g/mol. The number of nitrogens with one attached hydrogen (secondary N) is 1. The van der Waals surface area contributed by atoms with Gasteiger partial charge in [0, 0.05) is 16.8 Å². The van der Waals surface area contributed by atoms with Crippen LogP contribution in [0.5, 0.6) is 0 Å². The number of fused-ring (bicyclic) bond motifs is 3. The highest BCUT2D eigenvalue weighted by Crippen LogP contribution is 2.52. The smallest absolute Gasteiger partial charge is 0.0435 e. The van der Waals surface area contributed by atoms with E-state index in [1.165, 1.54) is 33.4 Å². The fourth-order valence-electron chi connectivity index (χ4n) is 4.45. The Bertz CT molecular complexity index is 1090. The van der Waals surface area contributed by atoms with Crippen LogP contribution in [-0.2, 0) is 5.41 Å². The SMILES string of the molecule is Cc1ccc(Nc2ccc(C3(C)c4ccccc4-c4ccccc43)cc2)cc1. The minimum absolute atomic E-state index is 0.129. The second-order valence-electron chi connectivity index (χ2n) is 7.78. The molecule has 0 aromatic heterocycles. The molecule has 1 aliphatic rings. The van der Waals surface area contributed by atoms with Crippen LogP contribution in [0.3, 0.4) is 0 Å². The predicted octanol–water partition coefficient (Wildman–Crippen LogP) is 7.07. The quantitative estimate of drug-likeness (QED) is 0.411. The summed E-state index contributed by atoms with van der Waals surface area (Å²) in [5.41, 5.74) is 10.1. The molecule has 0 saturated carbocycles. The van der Waals surface area contributed by atoms with E-state index in [4.69, 9.17) is 0 Å². The molecule has 0 unspecified atom stereocenters. The monoisotopic (exact) mass is 361 g/mol. The van der Waals surface area contributed by atoms with Gasteiger partial charge in [0.1, 0.15) is 0 Å². The predicted molar refractivity (Wildman–Crippen MR) is 118 cm³/mol. The van der Waals surface area contributed by atoms with Crippen LogP contribution in [-0.4, -0.2) is 0 Å². The maximum atomic E-state index is 3.50. The van der Waals surface area contributed by atoms with Gasteiger partial charge >= 0.3 is 0 Å². The summed E-state index contributed by atoms with van der Waals surface area (Å²) in [6, 6.07) is 35.0. The van der Waals surface area contributed by atoms with Gasteiger partial charge in [-0.05, 0) is 65.9 Å². The Morgan fingerprint density at radius 1 is 0.571 bits per heavy atom. The Morgan fingerprint density at radius 3 is 1.57 bits per heavy atom. The first kappa shape index (κ1) is 16.8. The molecule has 1 nitrogen and oxygen atoms in total. The van der Waals surface area contributed by atoms with Gasteiger partial charge in [-0.15, -0.1) is 0 Å². The molecule has 136 valence electrons. The van der Waals surface area contributed by atoms with Crippen molar-refractivity contribution in [3.05, 3.63) is 119 Å². The van der Waals surface area contributed by atoms with Gasteiger partial charge < -0.3 is 5.32 Å². The lowest BCUT2D eigenvalue weighted by atomic mass is 9.74. The van der Waals surface area contributed by atoms with E-state index >= 15 is 0 Å². The van der Waals surface area contributed by atoms with Gasteiger partial charge in [-0.1, -0.05) is 78.4 Å². The van der Waals surface area contributed by atoms with Crippen molar-refractivity contribution >= 4 is 11.4 Å². The fourth-order valence-corrected chi connectivity index (χ4v) is 4.45. The number of hydrogen-bond acceptors (Lipinski definition) is 1. The largest absolute Gasteiger partial charge is 0.356 e. The Hall–Kier alpha value is -3.32. The molecule has 0 radical (unpaired) electrons. The summed E-state index contributed by atoms with van der Waals surface area (Å²) in [5.74, 6) is 0. The van der Waals surface area contributed by atoms with Crippen LogP contribution in [0.1, 0.15) is 29.2 Å². The standard InChI is InChI=1S/C27H23N/c1-19-11-15-21(16-12-19)28-22-17-13-20(14-18-22)27(2)25-9-5-3-7-23(25)24-8-4-6-10-26(24)27/h3-18,28H,1-2H3. The Kier molecular flexibility index (Phi) is 3.84. The van der Waals surface area contributed by atoms with Gasteiger partial charge in [0.2, 0.25) is 0 Å². The minimum atomic E-state index is -0.129. The summed E-state index contributed by atoms with van der Waals surface area (Å²) >= 11 is 0. The molecule has 5 rings (SSSR count). The topological polar surface area (TPSA) is 12.0 Å². The van der Waals surface area contributed by atoms with Crippen LogP contribution in [0.15, 0.2) is 97.1 Å². The third-order valence-corrected chi connectivity index (χ3v) is 6.02. The van der Waals surface area contributed by atoms with Crippen molar-refractivity contribution in [2.75, 3.05) is 5.32 Å². The number of anilines is 2. The lowest BCUT2D eigenvalue weighted by Crippen LogP contribution is -2.22. The highest BCUT2D eigenvalue weighted by molar-refractivity contribution is 5.83. The first-order valence-electron chi connectivity index (χ1n) is 9.80. The Morgan fingerprint density at radius 2 is 1.04 bits per heavy atom. The lowest BCUT2D eigenvalue weighted by molar-refractivity contribution is 0.714. The Balaban J connectivity index is 1.55. The molecule has 0 fully saturated rings.